The fraction of sp³-hybridized carbons (Fsp3) is 0.250. The molecule has 0 atom stereocenters. The maximum Gasteiger partial charge on any atom is 0.307 e. The number of halogens is 1. The van der Waals surface area contributed by atoms with Gasteiger partial charge in [0.25, 0.3) is 0 Å². The standard InChI is InChI=1S/C20H20FNO2/c1-2-3-5-13-8-9-18-16(10-13)17(12-19(23)24)20(22-18)14-6-4-7-15(21)11-14/h4,6-11,22H,2-3,5,12H2,1H3,(H,23,24). The molecule has 0 aliphatic heterocycles. The molecule has 2 aromatic carbocycles. The molecule has 0 aliphatic rings. The molecular formula is C20H20FNO2. The third-order valence-corrected chi connectivity index (χ3v) is 4.23. The predicted octanol–water partition coefficient (Wildman–Crippen LogP) is 4.94. The molecule has 1 heterocycles. The van der Waals surface area contributed by atoms with Crippen LogP contribution in [0.15, 0.2) is 42.5 Å². The Kier molecular flexibility index (Phi) is 4.65. The van der Waals surface area contributed by atoms with Gasteiger partial charge in [-0.05, 0) is 48.2 Å². The highest BCUT2D eigenvalue weighted by molar-refractivity contribution is 5.94. The zero-order valence-electron chi connectivity index (χ0n) is 13.6. The van der Waals surface area contributed by atoms with Gasteiger partial charge < -0.3 is 10.1 Å². The van der Waals surface area contributed by atoms with Gasteiger partial charge in [0, 0.05) is 16.5 Å². The lowest BCUT2D eigenvalue weighted by atomic mass is 10.00. The summed E-state index contributed by atoms with van der Waals surface area (Å²) in [5.41, 5.74) is 4.13. The number of fused-ring (bicyclic) bond motifs is 1. The molecule has 0 aliphatic carbocycles. The SMILES string of the molecule is CCCCc1ccc2[nH]c(-c3cccc(F)c3)c(CC(=O)O)c2c1. The van der Waals surface area contributed by atoms with Crippen molar-refractivity contribution in [1.82, 2.24) is 4.98 Å². The zero-order chi connectivity index (χ0) is 17.1. The topological polar surface area (TPSA) is 53.1 Å². The van der Waals surface area contributed by atoms with Crippen LogP contribution in [0.2, 0.25) is 0 Å². The van der Waals surface area contributed by atoms with E-state index in [9.17, 15) is 14.3 Å². The van der Waals surface area contributed by atoms with E-state index in [-0.39, 0.29) is 12.2 Å². The van der Waals surface area contributed by atoms with E-state index in [2.05, 4.69) is 24.0 Å². The number of aromatic amines is 1. The fourth-order valence-corrected chi connectivity index (χ4v) is 3.06. The predicted molar refractivity (Wildman–Crippen MR) is 93.6 cm³/mol. The number of carboxylic acids is 1. The van der Waals surface area contributed by atoms with Gasteiger partial charge in [-0.15, -0.1) is 0 Å². The number of benzene rings is 2. The number of H-pyrrole nitrogens is 1. The normalized spacial score (nSPS) is 11.1. The van der Waals surface area contributed by atoms with Crippen LogP contribution in [0.1, 0.15) is 30.9 Å². The summed E-state index contributed by atoms with van der Waals surface area (Å²) in [6.07, 6.45) is 3.09. The Morgan fingerprint density at radius 1 is 1.21 bits per heavy atom. The second-order valence-electron chi connectivity index (χ2n) is 6.04. The molecule has 4 heteroatoms. The van der Waals surface area contributed by atoms with Gasteiger partial charge in [0.15, 0.2) is 0 Å². The van der Waals surface area contributed by atoms with Gasteiger partial charge in [-0.3, -0.25) is 4.79 Å². The lowest BCUT2D eigenvalue weighted by Gasteiger charge is -2.04. The van der Waals surface area contributed by atoms with Crippen molar-refractivity contribution < 1.29 is 14.3 Å². The van der Waals surface area contributed by atoms with Crippen molar-refractivity contribution in [2.75, 3.05) is 0 Å². The number of aromatic nitrogens is 1. The Balaban J connectivity index is 2.15. The van der Waals surface area contributed by atoms with Crippen molar-refractivity contribution in [2.45, 2.75) is 32.6 Å². The van der Waals surface area contributed by atoms with Crippen molar-refractivity contribution in [3.05, 3.63) is 59.4 Å². The van der Waals surface area contributed by atoms with Crippen LogP contribution in [-0.4, -0.2) is 16.1 Å². The second-order valence-corrected chi connectivity index (χ2v) is 6.04. The Morgan fingerprint density at radius 2 is 2.04 bits per heavy atom. The summed E-state index contributed by atoms with van der Waals surface area (Å²) in [7, 11) is 0. The van der Waals surface area contributed by atoms with E-state index in [1.807, 2.05) is 6.07 Å². The summed E-state index contributed by atoms with van der Waals surface area (Å²) in [6.45, 7) is 2.15. The molecule has 24 heavy (non-hydrogen) atoms. The summed E-state index contributed by atoms with van der Waals surface area (Å²) in [5, 5.41) is 10.2. The van der Waals surface area contributed by atoms with E-state index in [0.717, 1.165) is 30.2 Å². The van der Waals surface area contributed by atoms with E-state index in [4.69, 9.17) is 0 Å². The number of hydrogen-bond donors (Lipinski definition) is 2. The molecule has 3 nitrogen and oxygen atoms in total. The van der Waals surface area contributed by atoms with Gasteiger partial charge in [-0.25, -0.2) is 4.39 Å². The van der Waals surface area contributed by atoms with Crippen LogP contribution in [0.3, 0.4) is 0 Å². The van der Waals surface area contributed by atoms with E-state index in [0.29, 0.717) is 16.8 Å². The Morgan fingerprint density at radius 3 is 2.75 bits per heavy atom. The number of aryl methyl sites for hydroxylation is 1. The van der Waals surface area contributed by atoms with Crippen LogP contribution >= 0.6 is 0 Å². The molecule has 0 saturated heterocycles. The van der Waals surface area contributed by atoms with Crippen LogP contribution in [0.25, 0.3) is 22.2 Å². The number of carboxylic acid groups (broad SMARTS) is 1. The van der Waals surface area contributed by atoms with Crippen molar-refractivity contribution in [2.24, 2.45) is 0 Å². The first-order valence-electron chi connectivity index (χ1n) is 8.19. The molecule has 0 radical (unpaired) electrons. The van der Waals surface area contributed by atoms with Gasteiger partial charge in [-0.1, -0.05) is 31.5 Å². The smallest absolute Gasteiger partial charge is 0.307 e. The number of rotatable bonds is 6. The van der Waals surface area contributed by atoms with E-state index in [1.165, 1.54) is 17.7 Å². The average molecular weight is 325 g/mol. The lowest BCUT2D eigenvalue weighted by molar-refractivity contribution is -0.136. The van der Waals surface area contributed by atoms with E-state index >= 15 is 0 Å². The molecule has 0 fully saturated rings. The first kappa shape index (κ1) is 16.2. The number of nitrogens with one attached hydrogen (secondary N) is 1. The van der Waals surface area contributed by atoms with Crippen molar-refractivity contribution in [3.63, 3.8) is 0 Å². The summed E-state index contributed by atoms with van der Waals surface area (Å²) in [6, 6.07) is 12.3. The van der Waals surface area contributed by atoms with Gasteiger partial charge in [-0.2, -0.15) is 0 Å². The Labute approximate surface area is 140 Å². The fourth-order valence-electron chi connectivity index (χ4n) is 3.06. The molecule has 3 aromatic rings. The highest BCUT2D eigenvalue weighted by atomic mass is 19.1. The highest BCUT2D eigenvalue weighted by Gasteiger charge is 2.16. The second kappa shape index (κ2) is 6.87. The third-order valence-electron chi connectivity index (χ3n) is 4.23. The molecule has 0 bridgehead atoms. The Bertz CT molecular complexity index is 882. The summed E-state index contributed by atoms with van der Waals surface area (Å²) >= 11 is 0. The van der Waals surface area contributed by atoms with Gasteiger partial charge in [0.2, 0.25) is 0 Å². The first-order valence-corrected chi connectivity index (χ1v) is 8.19. The Hall–Kier alpha value is -2.62. The van der Waals surface area contributed by atoms with E-state index < -0.39 is 5.97 Å². The van der Waals surface area contributed by atoms with Crippen LogP contribution in [0, 0.1) is 5.82 Å². The van der Waals surface area contributed by atoms with Crippen molar-refractivity contribution in [3.8, 4) is 11.3 Å². The molecular weight excluding hydrogens is 305 g/mol. The molecule has 0 spiro atoms. The van der Waals surface area contributed by atoms with Crippen LogP contribution in [-0.2, 0) is 17.6 Å². The van der Waals surface area contributed by atoms with Gasteiger partial charge in [0.1, 0.15) is 5.82 Å². The monoisotopic (exact) mass is 325 g/mol. The summed E-state index contributed by atoms with van der Waals surface area (Å²) in [5.74, 6) is -1.23. The minimum absolute atomic E-state index is 0.0942. The van der Waals surface area contributed by atoms with Crippen LogP contribution in [0.4, 0.5) is 4.39 Å². The summed E-state index contributed by atoms with van der Waals surface area (Å²) in [4.78, 5) is 14.6. The quantitative estimate of drug-likeness (QED) is 0.674. The molecule has 2 N–H and O–H groups in total. The summed E-state index contributed by atoms with van der Waals surface area (Å²) < 4.78 is 13.6. The number of unbranched alkanes of at least 4 members (excludes halogenated alkanes) is 1. The van der Waals surface area contributed by atoms with Crippen LogP contribution in [0.5, 0.6) is 0 Å². The minimum Gasteiger partial charge on any atom is -0.481 e. The average Bonchev–Trinajstić information content (AvgIpc) is 2.90. The third kappa shape index (κ3) is 3.32. The molecule has 124 valence electrons. The molecule has 0 saturated carbocycles. The van der Waals surface area contributed by atoms with Crippen molar-refractivity contribution in [1.29, 1.82) is 0 Å². The first-order chi connectivity index (χ1) is 11.6. The lowest BCUT2D eigenvalue weighted by Crippen LogP contribution is -2.01. The largest absolute Gasteiger partial charge is 0.481 e. The zero-order valence-corrected chi connectivity index (χ0v) is 13.6. The molecule has 0 unspecified atom stereocenters. The minimum atomic E-state index is -0.896. The van der Waals surface area contributed by atoms with Gasteiger partial charge in [0.05, 0.1) is 12.1 Å². The molecule has 3 rings (SSSR count). The molecule has 0 amide bonds. The van der Waals surface area contributed by atoms with E-state index in [1.54, 1.807) is 12.1 Å². The molecule has 1 aromatic heterocycles. The van der Waals surface area contributed by atoms with Gasteiger partial charge >= 0.3 is 5.97 Å². The number of aliphatic carboxylic acids is 1. The number of hydrogen-bond acceptors (Lipinski definition) is 1. The number of carbonyl (C=O) groups is 1. The maximum atomic E-state index is 13.6. The van der Waals surface area contributed by atoms with Crippen molar-refractivity contribution >= 4 is 16.9 Å². The van der Waals surface area contributed by atoms with Crippen LogP contribution < -0.4 is 0 Å². The highest BCUT2D eigenvalue weighted by Crippen LogP contribution is 2.32. The maximum absolute atomic E-state index is 13.6.